The Balaban J connectivity index is 1.27. The maximum atomic E-state index is 14.2. The van der Waals surface area contributed by atoms with Gasteiger partial charge in [-0.15, -0.1) is 6.58 Å². The lowest BCUT2D eigenvalue weighted by Crippen LogP contribution is -2.33. The molecule has 178 valence electrons. The molecule has 1 saturated heterocycles. The Bertz CT molecular complexity index is 911. The van der Waals surface area contributed by atoms with Crippen LogP contribution in [0.15, 0.2) is 49.1 Å². The summed E-state index contributed by atoms with van der Waals surface area (Å²) in [4.78, 5) is 0. The lowest BCUT2D eigenvalue weighted by atomic mass is 9.77. The van der Waals surface area contributed by atoms with Gasteiger partial charge in [0, 0.05) is 5.92 Å². The van der Waals surface area contributed by atoms with E-state index in [9.17, 15) is 8.78 Å². The fourth-order valence-electron chi connectivity index (χ4n) is 5.10. The van der Waals surface area contributed by atoms with E-state index in [1.807, 2.05) is 12.1 Å². The first-order valence-corrected chi connectivity index (χ1v) is 12.2. The predicted molar refractivity (Wildman–Crippen MR) is 126 cm³/mol. The van der Waals surface area contributed by atoms with Gasteiger partial charge in [0.2, 0.25) is 11.6 Å². The fourth-order valence-corrected chi connectivity index (χ4v) is 5.10. The van der Waals surface area contributed by atoms with Gasteiger partial charge in [-0.05, 0) is 80.5 Å². The summed E-state index contributed by atoms with van der Waals surface area (Å²) in [6.45, 7) is 6.86. The molecule has 0 radical (unpaired) electrons. The molecule has 2 aromatic carbocycles. The van der Waals surface area contributed by atoms with Crippen molar-refractivity contribution in [3.63, 3.8) is 0 Å². The van der Waals surface area contributed by atoms with E-state index in [1.165, 1.54) is 43.4 Å². The Morgan fingerprint density at radius 1 is 0.909 bits per heavy atom. The number of rotatable bonds is 8. The van der Waals surface area contributed by atoms with E-state index in [1.54, 1.807) is 6.92 Å². The summed E-state index contributed by atoms with van der Waals surface area (Å²) in [5.74, 6) is -0.488. The monoisotopic (exact) mass is 456 g/mol. The highest BCUT2D eigenvalue weighted by molar-refractivity contribution is 5.35. The lowest BCUT2D eigenvalue weighted by molar-refractivity contribution is -0.0419. The fraction of sp³-hybridized carbons (Fsp3) is 0.500. The summed E-state index contributed by atoms with van der Waals surface area (Å²) < 4.78 is 45.1. The van der Waals surface area contributed by atoms with Gasteiger partial charge in [-0.25, -0.2) is 0 Å². The Morgan fingerprint density at radius 2 is 1.58 bits per heavy atom. The molecule has 0 spiro atoms. The smallest absolute Gasteiger partial charge is 0.204 e. The van der Waals surface area contributed by atoms with E-state index in [-0.39, 0.29) is 24.7 Å². The molecular formula is C28H34F2O3. The van der Waals surface area contributed by atoms with Crippen LogP contribution in [0.25, 0.3) is 0 Å². The van der Waals surface area contributed by atoms with E-state index in [2.05, 4.69) is 24.8 Å². The van der Waals surface area contributed by atoms with Crippen LogP contribution in [-0.2, 0) is 11.3 Å². The van der Waals surface area contributed by atoms with Gasteiger partial charge in [-0.3, -0.25) is 0 Å². The van der Waals surface area contributed by atoms with Gasteiger partial charge in [0.05, 0.1) is 19.3 Å². The minimum Gasteiger partial charge on any atom is -0.491 e. The second kappa shape index (κ2) is 11.1. The highest BCUT2D eigenvalue weighted by Crippen LogP contribution is 2.38. The van der Waals surface area contributed by atoms with Crippen LogP contribution < -0.4 is 9.47 Å². The standard InChI is InChI=1S/C28H34F2O3/c1-3-19-5-11-22(12-6-19)24-14-13-23(18-33-24)21-9-7-20(8-10-21)17-32-26-16-15-25(31-4-2)27(29)28(26)30/h3,7-10,15-16,19,22-24H,1,4-6,11-14,17-18H2,2H3. The third-order valence-electron chi connectivity index (χ3n) is 7.14. The van der Waals surface area contributed by atoms with Crippen molar-refractivity contribution < 1.29 is 23.0 Å². The first-order chi connectivity index (χ1) is 16.1. The summed E-state index contributed by atoms with van der Waals surface area (Å²) in [5, 5.41) is 0. The molecule has 1 aliphatic carbocycles. The van der Waals surface area contributed by atoms with Crippen molar-refractivity contribution in [2.45, 2.75) is 64.1 Å². The number of halogens is 2. The molecule has 1 saturated carbocycles. The average Bonchev–Trinajstić information content (AvgIpc) is 2.87. The van der Waals surface area contributed by atoms with Crippen molar-refractivity contribution in [1.29, 1.82) is 0 Å². The van der Waals surface area contributed by atoms with Crippen LogP contribution in [0.4, 0.5) is 8.78 Å². The van der Waals surface area contributed by atoms with E-state index < -0.39 is 11.6 Å². The number of hydrogen-bond donors (Lipinski definition) is 0. The number of allylic oxidation sites excluding steroid dienone is 1. The molecule has 2 aliphatic rings. The molecule has 5 heteroatoms. The van der Waals surface area contributed by atoms with Gasteiger partial charge in [-0.2, -0.15) is 8.78 Å². The van der Waals surface area contributed by atoms with Crippen LogP contribution in [0.3, 0.4) is 0 Å². The zero-order valence-electron chi connectivity index (χ0n) is 19.4. The van der Waals surface area contributed by atoms with Crippen molar-refractivity contribution in [1.82, 2.24) is 0 Å². The van der Waals surface area contributed by atoms with E-state index >= 15 is 0 Å². The summed E-state index contributed by atoms with van der Waals surface area (Å²) in [5.41, 5.74) is 2.16. The minimum absolute atomic E-state index is 0.104. The van der Waals surface area contributed by atoms with Gasteiger partial charge in [0.25, 0.3) is 0 Å². The van der Waals surface area contributed by atoms with Gasteiger partial charge < -0.3 is 14.2 Å². The molecule has 33 heavy (non-hydrogen) atoms. The van der Waals surface area contributed by atoms with E-state index in [0.29, 0.717) is 23.9 Å². The highest BCUT2D eigenvalue weighted by atomic mass is 19.2. The van der Waals surface area contributed by atoms with E-state index in [4.69, 9.17) is 14.2 Å². The normalized spacial score (nSPS) is 25.4. The number of hydrogen-bond acceptors (Lipinski definition) is 3. The van der Waals surface area contributed by atoms with Crippen molar-refractivity contribution in [3.05, 3.63) is 71.8 Å². The van der Waals surface area contributed by atoms with Crippen LogP contribution in [0.5, 0.6) is 11.5 Å². The van der Waals surface area contributed by atoms with Crippen LogP contribution >= 0.6 is 0 Å². The second-order valence-electron chi connectivity index (χ2n) is 9.21. The second-order valence-corrected chi connectivity index (χ2v) is 9.21. The first-order valence-electron chi connectivity index (χ1n) is 12.2. The molecule has 4 rings (SSSR count). The van der Waals surface area contributed by atoms with Crippen molar-refractivity contribution in [3.8, 4) is 11.5 Å². The van der Waals surface area contributed by atoms with Crippen LogP contribution in [0.1, 0.15) is 62.5 Å². The Kier molecular flexibility index (Phi) is 8.02. The quantitative estimate of drug-likeness (QED) is 0.393. The molecular weight excluding hydrogens is 422 g/mol. The molecule has 2 fully saturated rings. The molecule has 2 atom stereocenters. The van der Waals surface area contributed by atoms with Crippen LogP contribution in [-0.4, -0.2) is 19.3 Å². The van der Waals surface area contributed by atoms with Gasteiger partial charge in [0.1, 0.15) is 6.61 Å². The van der Waals surface area contributed by atoms with Gasteiger partial charge >= 0.3 is 0 Å². The average molecular weight is 457 g/mol. The minimum atomic E-state index is -1.02. The number of benzene rings is 2. The summed E-state index contributed by atoms with van der Waals surface area (Å²) in [6.07, 6.45) is 9.74. The summed E-state index contributed by atoms with van der Waals surface area (Å²) in [7, 11) is 0. The van der Waals surface area contributed by atoms with E-state index in [0.717, 1.165) is 25.0 Å². The van der Waals surface area contributed by atoms with Gasteiger partial charge in [-0.1, -0.05) is 30.3 Å². The van der Waals surface area contributed by atoms with Crippen molar-refractivity contribution in [2.75, 3.05) is 13.2 Å². The maximum absolute atomic E-state index is 14.2. The molecule has 0 amide bonds. The Labute approximate surface area is 195 Å². The van der Waals surface area contributed by atoms with Crippen LogP contribution in [0, 0.1) is 23.5 Å². The molecule has 2 unspecified atom stereocenters. The predicted octanol–water partition coefficient (Wildman–Crippen LogP) is 7.20. The molecule has 0 aromatic heterocycles. The number of ether oxygens (including phenoxy) is 3. The maximum Gasteiger partial charge on any atom is 0.204 e. The molecule has 1 aliphatic heterocycles. The third kappa shape index (κ3) is 5.75. The van der Waals surface area contributed by atoms with Gasteiger partial charge in [0.15, 0.2) is 11.5 Å². The first kappa shape index (κ1) is 23.7. The molecule has 0 bridgehead atoms. The molecule has 0 N–H and O–H groups in total. The summed E-state index contributed by atoms with van der Waals surface area (Å²) >= 11 is 0. The largest absolute Gasteiger partial charge is 0.491 e. The lowest BCUT2D eigenvalue weighted by Gasteiger charge is -2.37. The topological polar surface area (TPSA) is 27.7 Å². The molecule has 1 heterocycles. The molecule has 3 nitrogen and oxygen atoms in total. The zero-order valence-corrected chi connectivity index (χ0v) is 19.4. The Morgan fingerprint density at radius 3 is 2.15 bits per heavy atom. The zero-order chi connectivity index (χ0) is 23.2. The Hall–Kier alpha value is -2.40. The molecule has 2 aromatic rings. The summed E-state index contributed by atoms with van der Waals surface area (Å²) in [6, 6.07) is 11.0. The van der Waals surface area contributed by atoms with Crippen molar-refractivity contribution in [2.24, 2.45) is 11.8 Å². The highest BCUT2D eigenvalue weighted by Gasteiger charge is 2.31. The third-order valence-corrected chi connectivity index (χ3v) is 7.14. The van der Waals surface area contributed by atoms with Crippen LogP contribution in [0.2, 0.25) is 0 Å². The SMILES string of the molecule is C=CC1CCC(C2CCC(c3ccc(COc4ccc(OCC)c(F)c4F)cc3)CO2)CC1. The van der Waals surface area contributed by atoms with Crippen molar-refractivity contribution >= 4 is 0 Å².